The summed E-state index contributed by atoms with van der Waals surface area (Å²) in [4.78, 5) is 48.1. The molecule has 3 heterocycles. The number of rotatable bonds is 6. The lowest BCUT2D eigenvalue weighted by Gasteiger charge is -2.45. The number of carbonyl (C=O) groups excluding carboxylic acids is 3. The maximum Gasteiger partial charge on any atom is 0.417 e. The molecule has 0 radical (unpaired) electrons. The second-order valence-electron chi connectivity index (χ2n) is 10.9. The normalized spacial score (nSPS) is 18.8. The van der Waals surface area contributed by atoms with E-state index in [-0.39, 0.29) is 55.2 Å². The summed E-state index contributed by atoms with van der Waals surface area (Å²) in [5, 5.41) is 2.81. The van der Waals surface area contributed by atoms with E-state index in [0.717, 1.165) is 30.2 Å². The van der Waals surface area contributed by atoms with E-state index < -0.39 is 40.5 Å². The zero-order chi connectivity index (χ0) is 32.4. The number of likely N-dealkylation sites (tertiary alicyclic amines) is 1. The third kappa shape index (κ3) is 7.05. The van der Waals surface area contributed by atoms with E-state index in [1.807, 2.05) is 17.0 Å². The number of aromatic nitrogens is 1. The number of ether oxygens (including phenoxy) is 1. The van der Waals surface area contributed by atoms with Crippen LogP contribution in [0.1, 0.15) is 35.7 Å². The third-order valence-corrected chi connectivity index (χ3v) is 8.46. The summed E-state index contributed by atoms with van der Waals surface area (Å²) in [5.41, 5.74) is -2.02. The van der Waals surface area contributed by atoms with Gasteiger partial charge in [-0.25, -0.2) is 4.39 Å². The van der Waals surface area contributed by atoms with Gasteiger partial charge in [0, 0.05) is 58.1 Å². The van der Waals surface area contributed by atoms with Crippen molar-refractivity contribution in [1.29, 1.82) is 0 Å². The second-order valence-corrected chi connectivity index (χ2v) is 11.8. The molecule has 3 aromatic rings. The molecule has 2 aliphatic heterocycles. The molecule has 0 aliphatic carbocycles. The average molecular weight is 693 g/mol. The van der Waals surface area contributed by atoms with Crippen LogP contribution in [0.2, 0.25) is 0 Å². The summed E-state index contributed by atoms with van der Waals surface area (Å²) in [6.45, 7) is 2.52. The van der Waals surface area contributed by atoms with Gasteiger partial charge in [-0.1, -0.05) is 12.1 Å². The Morgan fingerprint density at radius 1 is 1.00 bits per heavy atom. The molecule has 1 atom stereocenters. The van der Waals surface area contributed by atoms with Gasteiger partial charge in [0.05, 0.1) is 33.5 Å². The van der Waals surface area contributed by atoms with Crippen LogP contribution in [0.5, 0.6) is 5.75 Å². The van der Waals surface area contributed by atoms with Gasteiger partial charge in [-0.15, -0.1) is 0 Å². The Morgan fingerprint density at radius 2 is 1.73 bits per heavy atom. The number of benzene rings is 2. The zero-order valence-electron chi connectivity index (χ0n) is 24.2. The predicted molar refractivity (Wildman–Crippen MR) is 161 cm³/mol. The van der Waals surface area contributed by atoms with E-state index >= 15 is 0 Å². The van der Waals surface area contributed by atoms with Gasteiger partial charge in [0.1, 0.15) is 11.6 Å². The first-order chi connectivity index (χ1) is 21.4. The van der Waals surface area contributed by atoms with Gasteiger partial charge in [0.15, 0.2) is 0 Å². The van der Waals surface area contributed by atoms with Crippen molar-refractivity contribution < 1.29 is 36.7 Å². The SMILES string of the molecule is CC(=O)Nc1ccccc1N1CCN(C(=O)C2(Oc3ccc(Br)c(F)c3)CCCN(C(=O)c3cnccc3C(F)(F)F)C2)CC1. The molecule has 0 saturated carbocycles. The highest BCUT2D eigenvalue weighted by atomic mass is 79.9. The van der Waals surface area contributed by atoms with Crippen LogP contribution >= 0.6 is 15.9 Å². The summed E-state index contributed by atoms with van der Waals surface area (Å²) in [6, 6.07) is 12.0. The summed E-state index contributed by atoms with van der Waals surface area (Å²) in [5.74, 6) is -2.20. The maximum atomic E-state index is 14.5. The Labute approximate surface area is 265 Å². The van der Waals surface area contributed by atoms with E-state index in [4.69, 9.17) is 4.74 Å². The number of pyridine rings is 1. The number of piperidine rings is 1. The fourth-order valence-corrected chi connectivity index (χ4v) is 5.98. The number of piperazine rings is 1. The Balaban J connectivity index is 1.42. The fraction of sp³-hybridized carbons (Fsp3) is 0.355. The number of alkyl halides is 3. The Morgan fingerprint density at radius 3 is 2.42 bits per heavy atom. The van der Waals surface area contributed by atoms with Crippen molar-refractivity contribution >= 4 is 45.0 Å². The van der Waals surface area contributed by atoms with Gasteiger partial charge in [-0.3, -0.25) is 19.4 Å². The summed E-state index contributed by atoms with van der Waals surface area (Å²) in [7, 11) is 0. The molecule has 238 valence electrons. The van der Waals surface area contributed by atoms with Gasteiger partial charge in [0.25, 0.3) is 11.8 Å². The van der Waals surface area contributed by atoms with Crippen molar-refractivity contribution in [3.8, 4) is 5.75 Å². The first-order valence-electron chi connectivity index (χ1n) is 14.2. The first-order valence-corrected chi connectivity index (χ1v) is 15.0. The smallest absolute Gasteiger partial charge is 0.417 e. The highest BCUT2D eigenvalue weighted by Gasteiger charge is 2.49. The van der Waals surface area contributed by atoms with Crippen LogP contribution in [-0.4, -0.2) is 77.4 Å². The molecule has 3 amide bonds. The van der Waals surface area contributed by atoms with Crippen molar-refractivity contribution in [1.82, 2.24) is 14.8 Å². The number of halogens is 5. The lowest BCUT2D eigenvalue weighted by Crippen LogP contribution is -2.64. The number of hydrogen-bond donors (Lipinski definition) is 1. The van der Waals surface area contributed by atoms with Crippen LogP contribution in [0.4, 0.5) is 28.9 Å². The van der Waals surface area contributed by atoms with Gasteiger partial charge < -0.3 is 24.8 Å². The minimum Gasteiger partial charge on any atom is -0.475 e. The third-order valence-electron chi connectivity index (χ3n) is 7.82. The van der Waals surface area contributed by atoms with Crippen molar-refractivity contribution in [2.75, 3.05) is 49.5 Å². The largest absolute Gasteiger partial charge is 0.475 e. The van der Waals surface area contributed by atoms with Crippen LogP contribution < -0.4 is 15.0 Å². The van der Waals surface area contributed by atoms with Gasteiger partial charge in [-0.05, 0) is 59.1 Å². The lowest BCUT2D eigenvalue weighted by molar-refractivity contribution is -0.153. The molecule has 45 heavy (non-hydrogen) atoms. The molecule has 0 spiro atoms. The molecule has 1 N–H and O–H groups in total. The van der Waals surface area contributed by atoms with E-state index in [2.05, 4.69) is 26.2 Å². The van der Waals surface area contributed by atoms with Crippen LogP contribution in [0.3, 0.4) is 0 Å². The van der Waals surface area contributed by atoms with Crippen molar-refractivity contribution in [2.24, 2.45) is 0 Å². The minimum absolute atomic E-state index is 0.0403. The zero-order valence-corrected chi connectivity index (χ0v) is 25.8. The monoisotopic (exact) mass is 691 g/mol. The van der Waals surface area contributed by atoms with E-state index in [0.29, 0.717) is 18.8 Å². The van der Waals surface area contributed by atoms with Gasteiger partial charge in [0.2, 0.25) is 11.5 Å². The van der Waals surface area contributed by atoms with Crippen molar-refractivity contribution in [3.05, 3.63) is 82.3 Å². The number of nitrogens with zero attached hydrogens (tertiary/aromatic N) is 4. The van der Waals surface area contributed by atoms with E-state index in [1.54, 1.807) is 17.0 Å². The van der Waals surface area contributed by atoms with E-state index in [1.165, 1.54) is 24.0 Å². The Bertz CT molecular complexity index is 1600. The summed E-state index contributed by atoms with van der Waals surface area (Å²) >= 11 is 3.10. The number of carbonyl (C=O) groups is 3. The molecule has 2 saturated heterocycles. The quantitative estimate of drug-likeness (QED) is 0.350. The van der Waals surface area contributed by atoms with Crippen molar-refractivity contribution in [3.63, 3.8) is 0 Å². The van der Waals surface area contributed by atoms with E-state index in [9.17, 15) is 31.9 Å². The van der Waals surface area contributed by atoms with Crippen LogP contribution in [-0.2, 0) is 15.8 Å². The minimum atomic E-state index is -4.79. The second kappa shape index (κ2) is 13.0. The molecule has 2 aliphatic rings. The molecule has 1 aromatic heterocycles. The lowest BCUT2D eigenvalue weighted by atomic mass is 9.89. The molecule has 9 nitrogen and oxygen atoms in total. The molecule has 14 heteroatoms. The number of para-hydroxylation sites is 2. The Hall–Kier alpha value is -4.20. The highest BCUT2D eigenvalue weighted by Crippen LogP contribution is 2.36. The fourth-order valence-electron chi connectivity index (χ4n) is 5.73. The highest BCUT2D eigenvalue weighted by molar-refractivity contribution is 9.10. The van der Waals surface area contributed by atoms with Crippen LogP contribution in [0.25, 0.3) is 0 Å². The number of amides is 3. The predicted octanol–water partition coefficient (Wildman–Crippen LogP) is 5.36. The molecular formula is C31H30BrF4N5O4. The first kappa shape index (κ1) is 32.2. The van der Waals surface area contributed by atoms with Gasteiger partial charge >= 0.3 is 6.18 Å². The maximum absolute atomic E-state index is 14.5. The molecule has 2 fully saturated rings. The molecule has 5 rings (SSSR count). The standard InChI is InChI=1S/C31H30BrF4N5O4/c1-20(42)38-26-5-2-3-6-27(26)39-13-15-40(16-14-39)29(44)30(45-21-7-8-24(32)25(33)17-21)10-4-12-41(19-30)28(43)22-18-37-11-9-23(22)31(34,35)36/h2-3,5-9,11,17-18H,4,10,12-16,19H2,1H3,(H,38,42). The van der Waals surface area contributed by atoms with Crippen LogP contribution in [0.15, 0.2) is 65.4 Å². The summed E-state index contributed by atoms with van der Waals surface area (Å²) < 4.78 is 62.2. The number of hydrogen-bond acceptors (Lipinski definition) is 6. The molecular weight excluding hydrogens is 662 g/mol. The van der Waals surface area contributed by atoms with Crippen LogP contribution in [0, 0.1) is 5.82 Å². The average Bonchev–Trinajstić information content (AvgIpc) is 3.02. The molecule has 0 bridgehead atoms. The molecule has 2 aromatic carbocycles. The summed E-state index contributed by atoms with van der Waals surface area (Å²) in [6.07, 6.45) is -2.56. The Kier molecular flexibility index (Phi) is 9.33. The molecule has 1 unspecified atom stereocenters. The van der Waals surface area contributed by atoms with Crippen molar-refractivity contribution in [2.45, 2.75) is 31.5 Å². The van der Waals surface area contributed by atoms with Gasteiger partial charge in [-0.2, -0.15) is 13.2 Å². The number of nitrogens with one attached hydrogen (secondary N) is 1. The topological polar surface area (TPSA) is 95.1 Å². The number of anilines is 2.